The zero-order chi connectivity index (χ0) is 10.7. The highest BCUT2D eigenvalue weighted by atomic mass is 15.1. The minimum absolute atomic E-state index is 0.187. The summed E-state index contributed by atoms with van der Waals surface area (Å²) < 4.78 is 0. The average Bonchev–Trinajstić information content (AvgIpc) is 2.01. The standard InChI is InChI=1S/C11H19N3/c1-8-5-13-6-9(2)11(8)14(4)7-10(3)12/h5-6,10H,7,12H2,1-4H3. The van der Waals surface area contributed by atoms with Crippen LogP contribution >= 0.6 is 0 Å². The van der Waals surface area contributed by atoms with Crippen molar-refractivity contribution >= 4 is 5.69 Å². The van der Waals surface area contributed by atoms with Crippen molar-refractivity contribution in [3.63, 3.8) is 0 Å². The Kier molecular flexibility index (Phi) is 3.47. The van der Waals surface area contributed by atoms with E-state index in [0.29, 0.717) is 0 Å². The molecule has 14 heavy (non-hydrogen) atoms. The van der Waals surface area contributed by atoms with E-state index in [1.165, 1.54) is 16.8 Å². The van der Waals surface area contributed by atoms with Crippen LogP contribution in [0.2, 0.25) is 0 Å². The molecule has 78 valence electrons. The maximum atomic E-state index is 5.77. The first-order valence-electron chi connectivity index (χ1n) is 4.90. The summed E-state index contributed by atoms with van der Waals surface area (Å²) >= 11 is 0. The summed E-state index contributed by atoms with van der Waals surface area (Å²) in [6.07, 6.45) is 3.78. The fourth-order valence-electron chi connectivity index (χ4n) is 1.82. The zero-order valence-electron chi connectivity index (χ0n) is 9.41. The third-order valence-corrected chi connectivity index (χ3v) is 2.23. The summed E-state index contributed by atoms with van der Waals surface area (Å²) in [5.41, 5.74) is 9.43. The van der Waals surface area contributed by atoms with E-state index < -0.39 is 0 Å². The van der Waals surface area contributed by atoms with Crippen molar-refractivity contribution in [3.05, 3.63) is 23.5 Å². The van der Waals surface area contributed by atoms with Gasteiger partial charge in [-0.1, -0.05) is 0 Å². The lowest BCUT2D eigenvalue weighted by molar-refractivity contribution is 0.715. The fourth-order valence-corrected chi connectivity index (χ4v) is 1.82. The first-order chi connectivity index (χ1) is 6.52. The Labute approximate surface area is 85.9 Å². The third-order valence-electron chi connectivity index (χ3n) is 2.23. The van der Waals surface area contributed by atoms with Crippen LogP contribution in [0.1, 0.15) is 18.1 Å². The van der Waals surface area contributed by atoms with Crippen molar-refractivity contribution in [1.29, 1.82) is 0 Å². The van der Waals surface area contributed by atoms with Crippen molar-refractivity contribution in [1.82, 2.24) is 4.98 Å². The van der Waals surface area contributed by atoms with Crippen molar-refractivity contribution in [2.45, 2.75) is 26.8 Å². The number of hydrogen-bond donors (Lipinski definition) is 1. The molecule has 1 aromatic rings. The molecular formula is C11H19N3. The van der Waals surface area contributed by atoms with E-state index >= 15 is 0 Å². The molecule has 0 aliphatic rings. The van der Waals surface area contributed by atoms with Gasteiger partial charge in [-0.3, -0.25) is 4.98 Å². The van der Waals surface area contributed by atoms with Gasteiger partial charge < -0.3 is 10.6 Å². The highest BCUT2D eigenvalue weighted by molar-refractivity contribution is 5.56. The van der Waals surface area contributed by atoms with Crippen LogP contribution in [0.3, 0.4) is 0 Å². The van der Waals surface area contributed by atoms with E-state index in [1.807, 2.05) is 19.3 Å². The summed E-state index contributed by atoms with van der Waals surface area (Å²) in [7, 11) is 2.07. The Balaban J connectivity index is 2.94. The average molecular weight is 193 g/mol. The highest BCUT2D eigenvalue weighted by Gasteiger charge is 2.09. The normalized spacial score (nSPS) is 12.6. The van der Waals surface area contributed by atoms with Crippen molar-refractivity contribution in [3.8, 4) is 0 Å². The number of hydrogen-bond acceptors (Lipinski definition) is 3. The van der Waals surface area contributed by atoms with E-state index in [4.69, 9.17) is 5.73 Å². The maximum absolute atomic E-state index is 5.77. The molecule has 1 rings (SSSR count). The SMILES string of the molecule is Cc1cncc(C)c1N(C)CC(C)N. The summed E-state index contributed by atoms with van der Waals surface area (Å²) in [6, 6.07) is 0.187. The van der Waals surface area contributed by atoms with E-state index in [1.54, 1.807) is 0 Å². The molecule has 1 atom stereocenters. The Bertz CT molecular complexity index is 287. The molecular weight excluding hydrogens is 174 g/mol. The van der Waals surface area contributed by atoms with E-state index in [9.17, 15) is 0 Å². The maximum Gasteiger partial charge on any atom is 0.0454 e. The second-order valence-electron chi connectivity index (χ2n) is 3.98. The molecule has 0 aromatic carbocycles. The van der Waals surface area contributed by atoms with E-state index in [-0.39, 0.29) is 6.04 Å². The van der Waals surface area contributed by atoms with Gasteiger partial charge in [-0.15, -0.1) is 0 Å². The molecule has 0 saturated heterocycles. The number of rotatable bonds is 3. The van der Waals surface area contributed by atoms with Crippen molar-refractivity contribution < 1.29 is 0 Å². The molecule has 3 heteroatoms. The molecule has 0 fully saturated rings. The van der Waals surface area contributed by atoms with Gasteiger partial charge in [-0.2, -0.15) is 0 Å². The molecule has 0 aliphatic heterocycles. The lowest BCUT2D eigenvalue weighted by Crippen LogP contribution is -2.33. The molecule has 0 amide bonds. The second-order valence-corrected chi connectivity index (χ2v) is 3.98. The number of aryl methyl sites for hydroxylation is 2. The molecule has 0 aliphatic carbocycles. The summed E-state index contributed by atoms with van der Waals surface area (Å²) in [5, 5.41) is 0. The Morgan fingerprint density at radius 1 is 1.36 bits per heavy atom. The van der Waals surface area contributed by atoms with Crippen LogP contribution in [0, 0.1) is 13.8 Å². The molecule has 1 unspecified atom stereocenters. The monoisotopic (exact) mass is 193 g/mol. The van der Waals surface area contributed by atoms with E-state index in [0.717, 1.165) is 6.54 Å². The van der Waals surface area contributed by atoms with Crippen LogP contribution in [0.4, 0.5) is 5.69 Å². The van der Waals surface area contributed by atoms with Crippen LogP contribution in [0.5, 0.6) is 0 Å². The molecule has 1 aromatic heterocycles. The van der Waals surface area contributed by atoms with Crippen LogP contribution in [0.15, 0.2) is 12.4 Å². The van der Waals surface area contributed by atoms with Crippen LogP contribution in [0.25, 0.3) is 0 Å². The minimum Gasteiger partial charge on any atom is -0.373 e. The lowest BCUT2D eigenvalue weighted by Gasteiger charge is -2.24. The Morgan fingerprint density at radius 2 is 1.86 bits per heavy atom. The van der Waals surface area contributed by atoms with Gasteiger partial charge in [0.1, 0.15) is 0 Å². The van der Waals surface area contributed by atoms with Crippen LogP contribution in [-0.2, 0) is 0 Å². The molecule has 2 N–H and O–H groups in total. The molecule has 0 bridgehead atoms. The highest BCUT2D eigenvalue weighted by Crippen LogP contribution is 2.21. The van der Waals surface area contributed by atoms with Crippen LogP contribution < -0.4 is 10.6 Å². The molecule has 1 heterocycles. The van der Waals surface area contributed by atoms with Gasteiger partial charge in [0.15, 0.2) is 0 Å². The number of nitrogens with two attached hydrogens (primary N) is 1. The van der Waals surface area contributed by atoms with Gasteiger partial charge in [-0.25, -0.2) is 0 Å². The van der Waals surface area contributed by atoms with E-state index in [2.05, 4.69) is 30.8 Å². The van der Waals surface area contributed by atoms with Crippen molar-refractivity contribution in [2.24, 2.45) is 5.73 Å². The van der Waals surface area contributed by atoms with Gasteiger partial charge in [0.25, 0.3) is 0 Å². The smallest absolute Gasteiger partial charge is 0.0454 e. The van der Waals surface area contributed by atoms with Gasteiger partial charge >= 0.3 is 0 Å². The lowest BCUT2D eigenvalue weighted by atomic mass is 10.1. The molecule has 3 nitrogen and oxygen atoms in total. The number of likely N-dealkylation sites (N-methyl/N-ethyl adjacent to an activating group) is 1. The zero-order valence-corrected chi connectivity index (χ0v) is 9.41. The number of aromatic nitrogens is 1. The Hall–Kier alpha value is -1.09. The topological polar surface area (TPSA) is 42.2 Å². The Morgan fingerprint density at radius 3 is 2.29 bits per heavy atom. The molecule has 0 spiro atoms. The predicted octanol–water partition coefficient (Wildman–Crippen LogP) is 1.48. The van der Waals surface area contributed by atoms with Crippen LogP contribution in [-0.4, -0.2) is 24.6 Å². The second kappa shape index (κ2) is 4.42. The summed E-state index contributed by atoms with van der Waals surface area (Å²) in [4.78, 5) is 6.34. The van der Waals surface area contributed by atoms with Gasteiger partial charge in [0, 0.05) is 37.7 Å². The van der Waals surface area contributed by atoms with Crippen molar-refractivity contribution in [2.75, 3.05) is 18.5 Å². The minimum atomic E-state index is 0.187. The van der Waals surface area contributed by atoms with Gasteiger partial charge in [0.2, 0.25) is 0 Å². The van der Waals surface area contributed by atoms with Gasteiger partial charge in [0.05, 0.1) is 0 Å². The first-order valence-corrected chi connectivity index (χ1v) is 4.90. The third kappa shape index (κ3) is 2.45. The quantitative estimate of drug-likeness (QED) is 0.790. The molecule has 0 saturated carbocycles. The molecule has 0 radical (unpaired) electrons. The number of anilines is 1. The summed E-state index contributed by atoms with van der Waals surface area (Å²) in [6.45, 7) is 7.04. The largest absolute Gasteiger partial charge is 0.373 e. The van der Waals surface area contributed by atoms with Gasteiger partial charge in [-0.05, 0) is 31.9 Å². The summed E-state index contributed by atoms with van der Waals surface area (Å²) in [5.74, 6) is 0. The number of pyridine rings is 1. The predicted molar refractivity (Wildman–Crippen MR) is 60.6 cm³/mol. The fraction of sp³-hybridized carbons (Fsp3) is 0.545. The first kappa shape index (κ1) is 11.0. The number of nitrogens with zero attached hydrogens (tertiary/aromatic N) is 2.